The molecule has 6 heteroatoms. The van der Waals surface area contributed by atoms with E-state index in [1.165, 1.54) is 6.26 Å². The molecule has 1 atom stereocenters. The Morgan fingerprint density at radius 1 is 1.23 bits per heavy atom. The van der Waals surface area contributed by atoms with Crippen LogP contribution in [0.2, 0.25) is 0 Å². The standard InChI is InChI=1S/C16H22N2O3S/c1-12-7-5-6-8-14(12)15(16(2,3)4)18-22(19,20)11-13-9-10-21-17-13/h5-10,15,18H,11H2,1-4H3/t15-/m1/s1. The first-order chi connectivity index (χ1) is 10.2. The summed E-state index contributed by atoms with van der Waals surface area (Å²) < 4.78 is 32.4. The van der Waals surface area contributed by atoms with Crippen LogP contribution in [-0.2, 0) is 15.8 Å². The van der Waals surface area contributed by atoms with Gasteiger partial charge in [0.15, 0.2) is 0 Å². The van der Waals surface area contributed by atoms with E-state index in [0.29, 0.717) is 5.69 Å². The summed E-state index contributed by atoms with van der Waals surface area (Å²) in [6.45, 7) is 8.04. The van der Waals surface area contributed by atoms with E-state index in [0.717, 1.165) is 11.1 Å². The van der Waals surface area contributed by atoms with Gasteiger partial charge in [-0.2, -0.15) is 0 Å². The van der Waals surface area contributed by atoms with Crippen LogP contribution in [0.5, 0.6) is 0 Å². The summed E-state index contributed by atoms with van der Waals surface area (Å²) in [6.07, 6.45) is 1.37. The van der Waals surface area contributed by atoms with Gasteiger partial charge in [-0.3, -0.25) is 0 Å². The molecule has 0 aliphatic carbocycles. The Morgan fingerprint density at radius 3 is 2.45 bits per heavy atom. The molecule has 1 aromatic heterocycles. The number of nitrogens with one attached hydrogen (secondary N) is 1. The smallest absolute Gasteiger partial charge is 0.218 e. The van der Waals surface area contributed by atoms with Crippen molar-refractivity contribution in [2.45, 2.75) is 39.5 Å². The fraction of sp³-hybridized carbons (Fsp3) is 0.438. The van der Waals surface area contributed by atoms with Gasteiger partial charge in [0.05, 0.1) is 11.7 Å². The minimum atomic E-state index is -3.52. The molecule has 0 saturated heterocycles. The number of hydrogen-bond donors (Lipinski definition) is 1. The molecular formula is C16H22N2O3S. The third-order valence-electron chi connectivity index (χ3n) is 3.49. The molecule has 0 spiro atoms. The number of sulfonamides is 1. The first-order valence-corrected chi connectivity index (χ1v) is 8.79. The average Bonchev–Trinajstić information content (AvgIpc) is 2.88. The molecule has 0 unspecified atom stereocenters. The minimum Gasteiger partial charge on any atom is -0.364 e. The molecule has 1 N–H and O–H groups in total. The molecule has 2 rings (SSSR count). The lowest BCUT2D eigenvalue weighted by atomic mass is 9.81. The van der Waals surface area contributed by atoms with Gasteiger partial charge in [0.1, 0.15) is 12.0 Å². The fourth-order valence-electron chi connectivity index (χ4n) is 2.35. The summed E-state index contributed by atoms with van der Waals surface area (Å²) in [6, 6.07) is 9.06. The van der Waals surface area contributed by atoms with E-state index >= 15 is 0 Å². The third kappa shape index (κ3) is 4.18. The van der Waals surface area contributed by atoms with Crippen molar-refractivity contribution >= 4 is 10.0 Å². The van der Waals surface area contributed by atoms with Crippen molar-refractivity contribution in [2.75, 3.05) is 0 Å². The summed E-state index contributed by atoms with van der Waals surface area (Å²) in [5.74, 6) is -0.192. The highest BCUT2D eigenvalue weighted by atomic mass is 32.2. The monoisotopic (exact) mass is 322 g/mol. The second-order valence-electron chi connectivity index (χ2n) is 6.52. The Bertz CT molecular complexity index is 716. The van der Waals surface area contributed by atoms with Crippen molar-refractivity contribution in [1.82, 2.24) is 9.88 Å². The van der Waals surface area contributed by atoms with E-state index in [2.05, 4.69) is 9.88 Å². The van der Waals surface area contributed by atoms with Crippen LogP contribution < -0.4 is 4.72 Å². The summed E-state index contributed by atoms with van der Waals surface area (Å²) >= 11 is 0. The maximum absolute atomic E-state index is 12.4. The van der Waals surface area contributed by atoms with Crippen molar-refractivity contribution < 1.29 is 12.9 Å². The van der Waals surface area contributed by atoms with Crippen LogP contribution in [0.3, 0.4) is 0 Å². The van der Waals surface area contributed by atoms with Crippen molar-refractivity contribution in [3.63, 3.8) is 0 Å². The molecule has 0 amide bonds. The van der Waals surface area contributed by atoms with Gasteiger partial charge in [0.2, 0.25) is 10.0 Å². The first kappa shape index (κ1) is 16.7. The first-order valence-electron chi connectivity index (χ1n) is 7.14. The van der Waals surface area contributed by atoms with Gasteiger partial charge in [0, 0.05) is 6.07 Å². The number of nitrogens with zero attached hydrogens (tertiary/aromatic N) is 1. The number of aromatic nitrogens is 1. The van der Waals surface area contributed by atoms with Crippen LogP contribution in [0.15, 0.2) is 41.1 Å². The molecule has 0 aliphatic heterocycles. The maximum atomic E-state index is 12.4. The van der Waals surface area contributed by atoms with Crippen LogP contribution in [0.4, 0.5) is 0 Å². The van der Waals surface area contributed by atoms with Crippen LogP contribution in [0, 0.1) is 12.3 Å². The Kier molecular flexibility index (Phi) is 4.72. The van der Waals surface area contributed by atoms with Crippen molar-refractivity contribution in [1.29, 1.82) is 0 Å². The van der Waals surface area contributed by atoms with Gasteiger partial charge in [-0.1, -0.05) is 50.2 Å². The molecule has 1 heterocycles. The highest BCUT2D eigenvalue weighted by molar-refractivity contribution is 7.88. The minimum absolute atomic E-state index is 0.192. The van der Waals surface area contributed by atoms with Crippen LogP contribution in [-0.4, -0.2) is 13.6 Å². The fourth-order valence-corrected chi connectivity index (χ4v) is 3.81. The molecule has 22 heavy (non-hydrogen) atoms. The van der Waals surface area contributed by atoms with E-state index in [-0.39, 0.29) is 17.2 Å². The second kappa shape index (κ2) is 6.22. The highest BCUT2D eigenvalue weighted by Crippen LogP contribution is 2.35. The lowest BCUT2D eigenvalue weighted by Crippen LogP contribution is -2.37. The number of hydrogen-bond acceptors (Lipinski definition) is 4. The number of benzene rings is 1. The van der Waals surface area contributed by atoms with E-state index in [4.69, 9.17) is 4.52 Å². The number of rotatable bonds is 5. The molecule has 0 bridgehead atoms. The van der Waals surface area contributed by atoms with E-state index in [9.17, 15) is 8.42 Å². The Balaban J connectivity index is 2.30. The summed E-state index contributed by atoms with van der Waals surface area (Å²) in [7, 11) is -3.52. The van der Waals surface area contributed by atoms with Gasteiger partial charge < -0.3 is 4.52 Å². The van der Waals surface area contributed by atoms with E-state index < -0.39 is 10.0 Å². The average molecular weight is 322 g/mol. The predicted octanol–water partition coefficient (Wildman–Crippen LogP) is 3.19. The van der Waals surface area contributed by atoms with Crippen LogP contribution in [0.1, 0.15) is 43.6 Å². The van der Waals surface area contributed by atoms with Crippen molar-refractivity contribution in [2.24, 2.45) is 5.41 Å². The van der Waals surface area contributed by atoms with Crippen molar-refractivity contribution in [3.8, 4) is 0 Å². The molecule has 1 aromatic carbocycles. The molecule has 5 nitrogen and oxygen atoms in total. The third-order valence-corrected chi connectivity index (χ3v) is 4.76. The Labute approximate surface area is 131 Å². The topological polar surface area (TPSA) is 72.2 Å². The van der Waals surface area contributed by atoms with Crippen LogP contribution in [0.25, 0.3) is 0 Å². The zero-order valence-electron chi connectivity index (χ0n) is 13.3. The highest BCUT2D eigenvalue weighted by Gasteiger charge is 2.31. The quantitative estimate of drug-likeness (QED) is 0.917. The molecule has 120 valence electrons. The van der Waals surface area contributed by atoms with Gasteiger partial charge in [-0.25, -0.2) is 13.1 Å². The summed E-state index contributed by atoms with van der Waals surface area (Å²) in [5.41, 5.74) is 2.18. The normalized spacial score (nSPS) is 14.0. The second-order valence-corrected chi connectivity index (χ2v) is 8.28. The van der Waals surface area contributed by atoms with Gasteiger partial charge in [-0.15, -0.1) is 0 Å². The summed E-state index contributed by atoms with van der Waals surface area (Å²) in [4.78, 5) is 0. The largest absolute Gasteiger partial charge is 0.364 e. The molecule has 0 aliphatic rings. The lowest BCUT2D eigenvalue weighted by Gasteiger charge is -2.32. The Hall–Kier alpha value is -1.66. The van der Waals surface area contributed by atoms with Crippen LogP contribution >= 0.6 is 0 Å². The van der Waals surface area contributed by atoms with E-state index in [1.54, 1.807) is 6.07 Å². The molecule has 0 saturated carbocycles. The van der Waals surface area contributed by atoms with Gasteiger partial charge in [0.25, 0.3) is 0 Å². The predicted molar refractivity (Wildman–Crippen MR) is 85.6 cm³/mol. The maximum Gasteiger partial charge on any atom is 0.218 e. The zero-order chi connectivity index (χ0) is 16.4. The molecule has 0 radical (unpaired) electrons. The van der Waals surface area contributed by atoms with Gasteiger partial charge in [-0.05, 0) is 23.5 Å². The zero-order valence-corrected chi connectivity index (χ0v) is 14.1. The molecule has 2 aromatic rings. The Morgan fingerprint density at radius 2 is 1.91 bits per heavy atom. The van der Waals surface area contributed by atoms with Gasteiger partial charge >= 0.3 is 0 Å². The lowest BCUT2D eigenvalue weighted by molar-refractivity contribution is 0.303. The molecular weight excluding hydrogens is 300 g/mol. The molecule has 0 fully saturated rings. The van der Waals surface area contributed by atoms with Crippen molar-refractivity contribution in [3.05, 3.63) is 53.4 Å². The summed E-state index contributed by atoms with van der Waals surface area (Å²) in [5, 5.41) is 3.67. The SMILES string of the molecule is Cc1ccccc1[C@@H](NS(=O)(=O)Cc1ccon1)C(C)(C)C. The number of aryl methyl sites for hydroxylation is 1. The van der Waals surface area contributed by atoms with E-state index in [1.807, 2.05) is 52.0 Å².